The van der Waals surface area contributed by atoms with Crippen LogP contribution >= 0.6 is 0 Å². The highest BCUT2D eigenvalue weighted by atomic mass is 14.6. The zero-order chi connectivity index (χ0) is 11.5. The van der Waals surface area contributed by atoms with Crippen LogP contribution in [0.4, 0.5) is 0 Å². The molecule has 1 fully saturated rings. The predicted molar refractivity (Wildman–Crippen MR) is 67.7 cm³/mol. The zero-order valence-corrected chi connectivity index (χ0v) is 11.1. The van der Waals surface area contributed by atoms with Crippen LogP contribution in [-0.2, 0) is 0 Å². The van der Waals surface area contributed by atoms with Gasteiger partial charge in [0.2, 0.25) is 0 Å². The fourth-order valence-corrected chi connectivity index (χ4v) is 3.15. The van der Waals surface area contributed by atoms with Gasteiger partial charge >= 0.3 is 0 Å². The third kappa shape index (κ3) is 3.48. The Labute approximate surface area is 95.8 Å². The molecule has 0 radical (unpaired) electrons. The Morgan fingerprint density at radius 3 is 2.27 bits per heavy atom. The highest BCUT2D eigenvalue weighted by Crippen LogP contribution is 2.43. The van der Waals surface area contributed by atoms with Crippen molar-refractivity contribution in [2.24, 2.45) is 28.9 Å². The van der Waals surface area contributed by atoms with E-state index in [4.69, 9.17) is 5.73 Å². The maximum Gasteiger partial charge on any atom is -0.00462 e. The predicted octanol–water partition coefficient (Wildman–Crippen LogP) is 3.82. The van der Waals surface area contributed by atoms with Crippen molar-refractivity contribution >= 4 is 0 Å². The fourth-order valence-electron chi connectivity index (χ4n) is 3.15. The summed E-state index contributed by atoms with van der Waals surface area (Å²) in [5, 5.41) is 0. The van der Waals surface area contributed by atoms with E-state index >= 15 is 0 Å². The molecule has 0 heterocycles. The monoisotopic (exact) mass is 211 g/mol. The number of hydrogen-bond acceptors (Lipinski definition) is 1. The minimum absolute atomic E-state index is 0.492. The summed E-state index contributed by atoms with van der Waals surface area (Å²) in [7, 11) is 0. The third-order valence-corrected chi connectivity index (χ3v) is 4.33. The molecule has 0 bridgehead atoms. The molecule has 2 N–H and O–H groups in total. The summed E-state index contributed by atoms with van der Waals surface area (Å²) >= 11 is 0. The molecule has 15 heavy (non-hydrogen) atoms. The Bertz CT molecular complexity index is 180. The minimum atomic E-state index is 0.492. The van der Waals surface area contributed by atoms with Crippen LogP contribution in [0.2, 0.25) is 0 Å². The lowest BCUT2D eigenvalue weighted by Gasteiger charge is -2.41. The van der Waals surface area contributed by atoms with Crippen LogP contribution in [0.5, 0.6) is 0 Å². The van der Waals surface area contributed by atoms with Crippen molar-refractivity contribution in [2.75, 3.05) is 6.54 Å². The van der Waals surface area contributed by atoms with Crippen LogP contribution in [0, 0.1) is 23.2 Å². The quantitative estimate of drug-likeness (QED) is 0.754. The van der Waals surface area contributed by atoms with E-state index in [-0.39, 0.29) is 0 Å². The highest BCUT2D eigenvalue weighted by molar-refractivity contribution is 4.85. The molecule has 0 aromatic rings. The number of nitrogens with two attached hydrogens (primary N) is 1. The van der Waals surface area contributed by atoms with Crippen LogP contribution in [0.15, 0.2) is 0 Å². The van der Waals surface area contributed by atoms with Crippen molar-refractivity contribution in [3.8, 4) is 0 Å². The van der Waals surface area contributed by atoms with Crippen LogP contribution < -0.4 is 5.73 Å². The van der Waals surface area contributed by atoms with Crippen LogP contribution in [-0.4, -0.2) is 6.54 Å². The van der Waals surface area contributed by atoms with Gasteiger partial charge in [0.25, 0.3) is 0 Å². The molecular formula is C14H29N. The molecule has 1 nitrogen and oxygen atoms in total. The lowest BCUT2D eigenvalue weighted by atomic mass is 9.64. The first-order valence-electron chi connectivity index (χ1n) is 6.69. The molecule has 1 heteroatoms. The molecule has 0 saturated heterocycles. The van der Waals surface area contributed by atoms with Crippen molar-refractivity contribution in [1.29, 1.82) is 0 Å². The molecule has 0 amide bonds. The lowest BCUT2D eigenvalue weighted by Crippen LogP contribution is -2.35. The van der Waals surface area contributed by atoms with Gasteiger partial charge in [-0.1, -0.05) is 40.5 Å². The summed E-state index contributed by atoms with van der Waals surface area (Å²) in [6, 6.07) is 0. The first-order chi connectivity index (χ1) is 6.99. The maximum absolute atomic E-state index is 5.88. The van der Waals surface area contributed by atoms with E-state index in [0.29, 0.717) is 5.41 Å². The molecule has 3 atom stereocenters. The Hall–Kier alpha value is -0.0400. The number of hydrogen-bond donors (Lipinski definition) is 1. The molecule has 1 saturated carbocycles. The van der Waals surface area contributed by atoms with Gasteiger partial charge < -0.3 is 5.73 Å². The lowest BCUT2D eigenvalue weighted by molar-refractivity contribution is 0.0960. The second-order valence-corrected chi connectivity index (χ2v) is 6.42. The molecule has 0 aromatic heterocycles. The molecule has 1 rings (SSSR count). The smallest absolute Gasteiger partial charge is 0.00462 e. The van der Waals surface area contributed by atoms with Crippen LogP contribution in [0.25, 0.3) is 0 Å². The van der Waals surface area contributed by atoms with Gasteiger partial charge in [0.15, 0.2) is 0 Å². The van der Waals surface area contributed by atoms with E-state index in [0.717, 1.165) is 24.3 Å². The molecule has 90 valence electrons. The summed E-state index contributed by atoms with van der Waals surface area (Å²) in [6.45, 7) is 10.4. The van der Waals surface area contributed by atoms with Gasteiger partial charge in [0.05, 0.1) is 0 Å². The standard InChI is InChI=1S/C14H29N/c1-5-6-11-9-13(14(2,3)4)8-7-12(11)10-15/h11-13H,5-10,15H2,1-4H3. The van der Waals surface area contributed by atoms with Crippen molar-refractivity contribution < 1.29 is 0 Å². The van der Waals surface area contributed by atoms with Gasteiger partial charge in [0.1, 0.15) is 0 Å². The third-order valence-electron chi connectivity index (χ3n) is 4.33. The second-order valence-electron chi connectivity index (χ2n) is 6.42. The van der Waals surface area contributed by atoms with Gasteiger partial charge in [-0.3, -0.25) is 0 Å². The highest BCUT2D eigenvalue weighted by Gasteiger charge is 2.34. The largest absolute Gasteiger partial charge is 0.330 e. The molecule has 0 aromatic carbocycles. The Balaban J connectivity index is 2.57. The van der Waals surface area contributed by atoms with E-state index in [1.807, 2.05) is 0 Å². The number of rotatable bonds is 3. The van der Waals surface area contributed by atoms with E-state index in [2.05, 4.69) is 27.7 Å². The van der Waals surface area contributed by atoms with Crippen LogP contribution in [0.1, 0.15) is 59.8 Å². The van der Waals surface area contributed by atoms with Crippen molar-refractivity contribution in [3.63, 3.8) is 0 Å². The van der Waals surface area contributed by atoms with Gasteiger partial charge in [0, 0.05) is 0 Å². The van der Waals surface area contributed by atoms with E-state index in [1.165, 1.54) is 32.1 Å². The summed E-state index contributed by atoms with van der Waals surface area (Å²) in [6.07, 6.45) is 6.88. The molecule has 1 aliphatic carbocycles. The van der Waals surface area contributed by atoms with Gasteiger partial charge in [-0.25, -0.2) is 0 Å². The van der Waals surface area contributed by atoms with Crippen LogP contribution in [0.3, 0.4) is 0 Å². The molecule has 1 aliphatic rings. The van der Waals surface area contributed by atoms with Crippen molar-refractivity contribution in [2.45, 2.75) is 59.8 Å². The summed E-state index contributed by atoms with van der Waals surface area (Å²) in [5.74, 6) is 2.62. The Morgan fingerprint density at radius 1 is 1.13 bits per heavy atom. The van der Waals surface area contributed by atoms with E-state index < -0.39 is 0 Å². The first kappa shape index (κ1) is 13.0. The van der Waals surface area contributed by atoms with E-state index in [1.54, 1.807) is 0 Å². The van der Waals surface area contributed by atoms with E-state index in [9.17, 15) is 0 Å². The molecule has 0 aliphatic heterocycles. The summed E-state index contributed by atoms with van der Waals surface area (Å²) < 4.78 is 0. The topological polar surface area (TPSA) is 26.0 Å². The fraction of sp³-hybridized carbons (Fsp3) is 1.00. The average molecular weight is 211 g/mol. The molecular weight excluding hydrogens is 182 g/mol. The van der Waals surface area contributed by atoms with Gasteiger partial charge in [-0.2, -0.15) is 0 Å². The second kappa shape index (κ2) is 5.34. The van der Waals surface area contributed by atoms with Gasteiger partial charge in [-0.05, 0) is 49.0 Å². The van der Waals surface area contributed by atoms with Crippen molar-refractivity contribution in [3.05, 3.63) is 0 Å². The molecule has 0 spiro atoms. The Kier molecular flexibility index (Phi) is 4.64. The average Bonchev–Trinajstić information content (AvgIpc) is 2.17. The minimum Gasteiger partial charge on any atom is -0.330 e. The summed E-state index contributed by atoms with van der Waals surface area (Å²) in [4.78, 5) is 0. The maximum atomic E-state index is 5.88. The first-order valence-corrected chi connectivity index (χ1v) is 6.69. The Morgan fingerprint density at radius 2 is 1.80 bits per heavy atom. The summed E-state index contributed by atoms with van der Waals surface area (Å²) in [5.41, 5.74) is 6.37. The van der Waals surface area contributed by atoms with Crippen molar-refractivity contribution in [1.82, 2.24) is 0 Å². The van der Waals surface area contributed by atoms with Gasteiger partial charge in [-0.15, -0.1) is 0 Å². The SMILES string of the molecule is CCCC1CC(C(C)(C)C)CCC1CN. The zero-order valence-electron chi connectivity index (χ0n) is 11.1. The molecule has 3 unspecified atom stereocenters. The normalized spacial score (nSPS) is 33.0.